The van der Waals surface area contributed by atoms with Gasteiger partial charge >= 0.3 is 0 Å². The van der Waals surface area contributed by atoms with Crippen molar-refractivity contribution in [2.45, 2.75) is 6.17 Å². The van der Waals surface area contributed by atoms with Crippen molar-refractivity contribution in [1.29, 1.82) is 0 Å². The lowest BCUT2D eigenvalue weighted by Gasteiger charge is -2.15. The van der Waals surface area contributed by atoms with E-state index in [1.165, 1.54) is 7.05 Å². The van der Waals surface area contributed by atoms with Crippen LogP contribution in [0.25, 0.3) is 16.8 Å². The molecule has 2 aromatic carbocycles. The van der Waals surface area contributed by atoms with Gasteiger partial charge in [0.2, 0.25) is 0 Å². The molecule has 0 bridgehead atoms. The minimum Gasteiger partial charge on any atom is -0.333 e. The zero-order chi connectivity index (χ0) is 11.5. The van der Waals surface area contributed by atoms with Gasteiger partial charge in [-0.3, -0.25) is 0 Å². The summed E-state index contributed by atoms with van der Waals surface area (Å²) in [7, 11) is 1.50. The highest BCUT2D eigenvalue weighted by Crippen LogP contribution is 2.34. The third kappa shape index (κ3) is 1.61. The lowest BCUT2D eigenvalue weighted by Crippen LogP contribution is -1.95. The van der Waals surface area contributed by atoms with Gasteiger partial charge in [0.25, 0.3) is 0 Å². The highest BCUT2D eigenvalue weighted by atomic mass is 19.1. The number of alkyl halides is 1. The van der Waals surface area contributed by atoms with E-state index in [9.17, 15) is 4.39 Å². The Morgan fingerprint density at radius 3 is 2.50 bits per heavy atom. The Morgan fingerprint density at radius 2 is 1.75 bits per heavy atom. The molecule has 1 aliphatic carbocycles. The standard InChI is InChI=1S/C13H9F.CH5N/c14-12-8-7-10-4-1-3-9-5-2-6-11(12)13(9)10;1-2/h1-8,12H;2H2,1H3. The van der Waals surface area contributed by atoms with Crippen molar-refractivity contribution in [3.8, 4) is 0 Å². The molecule has 2 N–H and O–H groups in total. The Balaban J connectivity index is 0.000000457. The lowest BCUT2D eigenvalue weighted by molar-refractivity contribution is 0.417. The van der Waals surface area contributed by atoms with Gasteiger partial charge in [0.15, 0.2) is 0 Å². The maximum atomic E-state index is 13.6. The van der Waals surface area contributed by atoms with E-state index >= 15 is 0 Å². The molecule has 2 heteroatoms. The highest BCUT2D eigenvalue weighted by molar-refractivity contribution is 5.95. The zero-order valence-electron chi connectivity index (χ0n) is 9.15. The number of allylic oxidation sites excluding steroid dienone is 1. The zero-order valence-corrected chi connectivity index (χ0v) is 9.15. The van der Waals surface area contributed by atoms with E-state index in [0.29, 0.717) is 0 Å². The van der Waals surface area contributed by atoms with Crippen molar-refractivity contribution in [3.63, 3.8) is 0 Å². The largest absolute Gasteiger partial charge is 0.333 e. The van der Waals surface area contributed by atoms with E-state index in [-0.39, 0.29) is 0 Å². The topological polar surface area (TPSA) is 26.0 Å². The van der Waals surface area contributed by atoms with Gasteiger partial charge in [-0.15, -0.1) is 0 Å². The van der Waals surface area contributed by atoms with Gasteiger partial charge in [-0.1, -0.05) is 42.5 Å². The molecule has 0 saturated heterocycles. The number of nitrogens with two attached hydrogens (primary N) is 1. The second kappa shape index (κ2) is 4.45. The molecule has 0 saturated carbocycles. The molecular weight excluding hydrogens is 201 g/mol. The van der Waals surface area contributed by atoms with Gasteiger partial charge in [-0.2, -0.15) is 0 Å². The van der Waals surface area contributed by atoms with Crippen molar-refractivity contribution < 1.29 is 4.39 Å². The van der Waals surface area contributed by atoms with Crippen LogP contribution in [-0.2, 0) is 0 Å². The van der Waals surface area contributed by atoms with E-state index in [2.05, 4.69) is 5.73 Å². The van der Waals surface area contributed by atoms with Crippen LogP contribution in [0.2, 0.25) is 0 Å². The summed E-state index contributed by atoms with van der Waals surface area (Å²) in [5.41, 5.74) is 6.41. The quantitative estimate of drug-likeness (QED) is 0.715. The van der Waals surface area contributed by atoms with Crippen LogP contribution in [0.1, 0.15) is 17.3 Å². The molecule has 0 amide bonds. The van der Waals surface area contributed by atoms with Crippen LogP contribution >= 0.6 is 0 Å². The van der Waals surface area contributed by atoms with Crippen molar-refractivity contribution in [1.82, 2.24) is 0 Å². The lowest BCUT2D eigenvalue weighted by atomic mass is 9.92. The summed E-state index contributed by atoms with van der Waals surface area (Å²) in [6, 6.07) is 11.8. The summed E-state index contributed by atoms with van der Waals surface area (Å²) in [6.07, 6.45) is 2.52. The summed E-state index contributed by atoms with van der Waals surface area (Å²) >= 11 is 0. The van der Waals surface area contributed by atoms with Crippen LogP contribution in [0, 0.1) is 0 Å². The van der Waals surface area contributed by atoms with Crippen LogP contribution in [0.3, 0.4) is 0 Å². The summed E-state index contributed by atoms with van der Waals surface area (Å²) in [5, 5.41) is 2.18. The fraction of sp³-hybridized carbons (Fsp3) is 0.143. The van der Waals surface area contributed by atoms with Crippen molar-refractivity contribution in [2.75, 3.05) is 7.05 Å². The molecule has 1 nitrogen and oxygen atoms in total. The van der Waals surface area contributed by atoms with E-state index in [1.54, 1.807) is 6.08 Å². The summed E-state index contributed by atoms with van der Waals surface area (Å²) < 4.78 is 13.6. The third-order valence-corrected chi connectivity index (χ3v) is 2.71. The Morgan fingerprint density at radius 1 is 1.06 bits per heavy atom. The molecule has 2 aromatic rings. The maximum absolute atomic E-state index is 13.6. The molecule has 1 aliphatic rings. The Kier molecular flexibility index (Phi) is 3.02. The van der Waals surface area contributed by atoms with Gasteiger partial charge < -0.3 is 5.73 Å². The molecule has 3 rings (SSSR count). The molecule has 0 radical (unpaired) electrons. The number of benzene rings is 2. The first-order chi connectivity index (χ1) is 7.86. The normalized spacial score (nSPS) is 16.8. The minimum absolute atomic E-state index is 0.792. The van der Waals surface area contributed by atoms with E-state index in [0.717, 1.165) is 21.9 Å². The Bertz CT molecular complexity index is 526. The van der Waals surface area contributed by atoms with Crippen LogP contribution < -0.4 is 5.73 Å². The van der Waals surface area contributed by atoms with Gasteiger partial charge in [0.05, 0.1) is 0 Å². The molecule has 0 heterocycles. The molecule has 0 fully saturated rings. The molecule has 82 valence electrons. The summed E-state index contributed by atoms with van der Waals surface area (Å²) in [5.74, 6) is 0. The van der Waals surface area contributed by atoms with Gasteiger partial charge in [-0.25, -0.2) is 4.39 Å². The fourth-order valence-corrected chi connectivity index (χ4v) is 2.06. The number of rotatable bonds is 0. The van der Waals surface area contributed by atoms with Gasteiger partial charge in [0.1, 0.15) is 6.17 Å². The van der Waals surface area contributed by atoms with Crippen LogP contribution in [0.15, 0.2) is 42.5 Å². The van der Waals surface area contributed by atoms with Crippen LogP contribution in [0.4, 0.5) is 4.39 Å². The van der Waals surface area contributed by atoms with E-state index in [1.807, 2.05) is 42.5 Å². The molecule has 0 spiro atoms. The predicted octanol–water partition coefficient (Wildman–Crippen LogP) is 3.45. The summed E-state index contributed by atoms with van der Waals surface area (Å²) in [4.78, 5) is 0. The number of hydrogen-bond acceptors (Lipinski definition) is 1. The van der Waals surface area contributed by atoms with E-state index in [4.69, 9.17) is 0 Å². The van der Waals surface area contributed by atoms with Gasteiger partial charge in [0, 0.05) is 0 Å². The van der Waals surface area contributed by atoms with Crippen molar-refractivity contribution >= 4 is 16.8 Å². The average molecular weight is 215 g/mol. The van der Waals surface area contributed by atoms with Gasteiger partial charge in [-0.05, 0) is 35.0 Å². The Labute approximate surface area is 94.4 Å². The summed E-state index contributed by atoms with van der Waals surface area (Å²) in [6.45, 7) is 0. The van der Waals surface area contributed by atoms with Crippen molar-refractivity contribution in [2.24, 2.45) is 5.73 Å². The first-order valence-corrected chi connectivity index (χ1v) is 5.28. The minimum atomic E-state index is -0.950. The molecule has 16 heavy (non-hydrogen) atoms. The smallest absolute Gasteiger partial charge is 0.144 e. The molecular formula is C14H14FN. The fourth-order valence-electron chi connectivity index (χ4n) is 2.06. The first-order valence-electron chi connectivity index (χ1n) is 5.28. The second-order valence-electron chi connectivity index (χ2n) is 3.55. The van der Waals surface area contributed by atoms with Crippen LogP contribution in [0.5, 0.6) is 0 Å². The molecule has 0 aliphatic heterocycles. The third-order valence-electron chi connectivity index (χ3n) is 2.71. The highest BCUT2D eigenvalue weighted by Gasteiger charge is 2.15. The second-order valence-corrected chi connectivity index (χ2v) is 3.55. The SMILES string of the molecule is CN.FC1C=Cc2cccc3cccc1c23. The number of halogens is 1. The van der Waals surface area contributed by atoms with Crippen molar-refractivity contribution in [3.05, 3.63) is 53.6 Å². The maximum Gasteiger partial charge on any atom is 0.144 e. The monoisotopic (exact) mass is 215 g/mol. The predicted molar refractivity (Wildman–Crippen MR) is 66.9 cm³/mol. The Hall–Kier alpha value is -1.67. The molecule has 1 atom stereocenters. The first kappa shape index (κ1) is 10.8. The molecule has 0 aromatic heterocycles. The van der Waals surface area contributed by atoms with E-state index < -0.39 is 6.17 Å². The number of hydrogen-bond donors (Lipinski definition) is 1. The average Bonchev–Trinajstić information content (AvgIpc) is 2.37. The molecule has 1 unspecified atom stereocenters. The van der Waals surface area contributed by atoms with Crippen LogP contribution in [-0.4, -0.2) is 7.05 Å².